The van der Waals surface area contributed by atoms with Gasteiger partial charge in [-0.2, -0.15) is 0 Å². The van der Waals surface area contributed by atoms with Crippen LogP contribution in [0.4, 0.5) is 0 Å². The fourth-order valence-corrected chi connectivity index (χ4v) is 0.205. The fraction of sp³-hybridized carbons (Fsp3) is 0. The van der Waals surface area contributed by atoms with E-state index in [-0.39, 0.29) is 0 Å². The molecule has 0 saturated carbocycles. The van der Waals surface area contributed by atoms with E-state index in [4.69, 9.17) is 10.2 Å². The minimum Gasteiger partial charge on any atom is -0.225 e. The molecule has 0 aromatic carbocycles. The van der Waals surface area contributed by atoms with E-state index in [0.29, 0.717) is 0 Å². The first kappa shape index (κ1) is 7.39. The topological polar surface area (TPSA) is 79.6 Å². The third-order valence-corrected chi connectivity index (χ3v) is 0.400. The molecule has 46 valence electrons. The van der Waals surface area contributed by atoms with Crippen molar-refractivity contribution in [3.05, 3.63) is 19.0 Å². The molecule has 9 heavy (non-hydrogen) atoms. The van der Waals surface area contributed by atoms with Gasteiger partial charge in [0, 0.05) is 0 Å². The number of rotatable bonds is 0. The van der Waals surface area contributed by atoms with E-state index in [2.05, 4.69) is 15.0 Å². The van der Waals surface area contributed by atoms with Gasteiger partial charge in [-0.1, -0.05) is 0 Å². The first-order chi connectivity index (χ1) is 4.41. The van der Waals surface area contributed by atoms with Crippen molar-refractivity contribution in [3.63, 3.8) is 0 Å². The van der Waals surface area contributed by atoms with Crippen molar-refractivity contribution in [1.82, 2.24) is 15.0 Å². The number of hydrogen-bond donors (Lipinski definition) is 1. The Morgan fingerprint density at radius 1 is 1.11 bits per heavy atom. The van der Waals surface area contributed by atoms with Crippen LogP contribution in [0, 0.1) is 5.41 Å². The van der Waals surface area contributed by atoms with E-state index in [1.54, 1.807) is 0 Å². The molecule has 0 unspecified atom stereocenters. The Kier molecular flexibility index (Phi) is 5.25. The van der Waals surface area contributed by atoms with Crippen LogP contribution in [0.5, 0.6) is 0 Å². The lowest BCUT2D eigenvalue weighted by Crippen LogP contribution is -1.73. The van der Waals surface area contributed by atoms with Crippen LogP contribution in [-0.2, 0) is 4.79 Å². The zero-order chi connectivity index (χ0) is 6.95. The zero-order valence-electron chi connectivity index (χ0n) is 4.48. The van der Waals surface area contributed by atoms with E-state index >= 15 is 0 Å². The summed E-state index contributed by atoms with van der Waals surface area (Å²) in [5, 5.41) is 5.40. The lowest BCUT2D eigenvalue weighted by atomic mass is 11.1. The Hall–Kier alpha value is -1.61. The highest BCUT2D eigenvalue weighted by molar-refractivity contribution is 5.26. The van der Waals surface area contributed by atoms with Gasteiger partial charge in [-0.05, 0) is 0 Å². The molecular formula is C4H4N4O. The van der Waals surface area contributed by atoms with Crippen LogP contribution in [0.2, 0.25) is 0 Å². The van der Waals surface area contributed by atoms with Gasteiger partial charge in [-0.25, -0.2) is 25.2 Å². The minimum atomic E-state index is 0.750. The van der Waals surface area contributed by atoms with Gasteiger partial charge in [0.25, 0.3) is 0 Å². The van der Waals surface area contributed by atoms with Crippen molar-refractivity contribution in [2.75, 3.05) is 0 Å². The van der Waals surface area contributed by atoms with Gasteiger partial charge < -0.3 is 0 Å². The molecule has 1 heterocycles. The third kappa shape index (κ3) is 6.39. The van der Waals surface area contributed by atoms with Gasteiger partial charge in [-0.3, -0.25) is 0 Å². The Labute approximate surface area is 51.3 Å². The standard InChI is InChI=1S/C3H3N3.CHNO/c1-4-2-6-3-5-1;2-1-3/h1-3H;2H. The lowest BCUT2D eigenvalue weighted by molar-refractivity contribution is 0.563. The minimum absolute atomic E-state index is 0.750. The number of nitrogens with zero attached hydrogens (tertiary/aromatic N) is 3. The van der Waals surface area contributed by atoms with Crippen molar-refractivity contribution in [1.29, 1.82) is 5.41 Å². The quantitative estimate of drug-likeness (QED) is 0.382. The Bertz CT molecular complexity index is 142. The average Bonchev–Trinajstić information content (AvgIpc) is 1.93. The average molecular weight is 124 g/mol. The van der Waals surface area contributed by atoms with E-state index in [1.807, 2.05) is 0 Å². The van der Waals surface area contributed by atoms with Crippen LogP contribution in [0.25, 0.3) is 0 Å². The number of carbonyl (C=O) groups excluding carboxylic acids is 1. The van der Waals surface area contributed by atoms with Crippen molar-refractivity contribution >= 4 is 6.08 Å². The molecule has 0 atom stereocenters. The molecule has 1 rings (SSSR count). The summed E-state index contributed by atoms with van der Waals surface area (Å²) in [7, 11) is 0. The molecule has 5 heteroatoms. The van der Waals surface area contributed by atoms with Crippen LogP contribution in [0.15, 0.2) is 19.0 Å². The molecule has 5 nitrogen and oxygen atoms in total. The molecule has 0 fully saturated rings. The largest absolute Gasteiger partial charge is 0.231 e. The summed E-state index contributed by atoms with van der Waals surface area (Å²) in [5.41, 5.74) is 0. The smallest absolute Gasteiger partial charge is 0.225 e. The van der Waals surface area contributed by atoms with E-state index in [9.17, 15) is 0 Å². The van der Waals surface area contributed by atoms with E-state index < -0.39 is 0 Å². The third-order valence-electron chi connectivity index (χ3n) is 0.400. The number of nitrogens with one attached hydrogen (secondary N) is 1. The summed E-state index contributed by atoms with van der Waals surface area (Å²) in [6.07, 6.45) is 5.06. The summed E-state index contributed by atoms with van der Waals surface area (Å²) in [5.74, 6) is 0. The second kappa shape index (κ2) is 6.39. The van der Waals surface area contributed by atoms with Gasteiger partial charge >= 0.3 is 0 Å². The summed E-state index contributed by atoms with van der Waals surface area (Å²) < 4.78 is 0. The first-order valence-electron chi connectivity index (χ1n) is 2.00. The number of isocyanates is 1. The van der Waals surface area contributed by atoms with E-state index in [0.717, 1.165) is 6.08 Å². The highest BCUT2D eigenvalue weighted by atomic mass is 16.1. The van der Waals surface area contributed by atoms with Gasteiger partial charge in [0.05, 0.1) is 0 Å². The Morgan fingerprint density at radius 2 is 1.33 bits per heavy atom. The normalized spacial score (nSPS) is 6.22. The highest BCUT2D eigenvalue weighted by Crippen LogP contribution is 1.57. The lowest BCUT2D eigenvalue weighted by Gasteiger charge is -1.69. The van der Waals surface area contributed by atoms with E-state index in [1.165, 1.54) is 19.0 Å². The second-order valence-corrected chi connectivity index (χ2v) is 0.896. The summed E-state index contributed by atoms with van der Waals surface area (Å²) in [4.78, 5) is 19.0. The molecule has 0 bridgehead atoms. The molecule has 0 saturated heterocycles. The highest BCUT2D eigenvalue weighted by Gasteiger charge is 1.59. The van der Waals surface area contributed by atoms with Crippen LogP contribution in [0.1, 0.15) is 0 Å². The van der Waals surface area contributed by atoms with Gasteiger partial charge in [0.2, 0.25) is 6.08 Å². The van der Waals surface area contributed by atoms with Crippen molar-refractivity contribution < 1.29 is 4.79 Å². The van der Waals surface area contributed by atoms with Crippen molar-refractivity contribution in [3.8, 4) is 0 Å². The molecule has 0 radical (unpaired) electrons. The predicted molar refractivity (Wildman–Crippen MR) is 28.2 cm³/mol. The number of hydrogen-bond acceptors (Lipinski definition) is 5. The molecule has 0 aliphatic heterocycles. The molecule has 0 aliphatic rings. The number of aromatic nitrogens is 3. The monoisotopic (exact) mass is 124 g/mol. The van der Waals surface area contributed by atoms with Crippen LogP contribution < -0.4 is 0 Å². The van der Waals surface area contributed by atoms with Crippen molar-refractivity contribution in [2.24, 2.45) is 0 Å². The molecule has 0 amide bonds. The van der Waals surface area contributed by atoms with Crippen molar-refractivity contribution in [2.45, 2.75) is 0 Å². The maximum absolute atomic E-state index is 8.35. The summed E-state index contributed by atoms with van der Waals surface area (Å²) in [6, 6.07) is 0. The summed E-state index contributed by atoms with van der Waals surface area (Å²) in [6.45, 7) is 0. The first-order valence-corrected chi connectivity index (χ1v) is 2.00. The zero-order valence-corrected chi connectivity index (χ0v) is 4.48. The second-order valence-electron chi connectivity index (χ2n) is 0.896. The van der Waals surface area contributed by atoms with Gasteiger partial charge in [0.1, 0.15) is 19.0 Å². The predicted octanol–water partition coefficient (Wildman–Crippen LogP) is -0.227. The molecule has 1 N–H and O–H groups in total. The Balaban J connectivity index is 0.000000187. The molecule has 1 aromatic rings. The maximum Gasteiger partial charge on any atom is 0.231 e. The fourth-order valence-electron chi connectivity index (χ4n) is 0.205. The molecular weight excluding hydrogens is 120 g/mol. The van der Waals surface area contributed by atoms with Gasteiger partial charge in [-0.15, -0.1) is 0 Å². The Morgan fingerprint density at radius 3 is 1.44 bits per heavy atom. The molecule has 1 aromatic heterocycles. The van der Waals surface area contributed by atoms with Crippen LogP contribution in [-0.4, -0.2) is 21.0 Å². The SMILES string of the molecule is N=C=O.c1ncncn1. The summed E-state index contributed by atoms with van der Waals surface area (Å²) >= 11 is 0. The van der Waals surface area contributed by atoms with Crippen LogP contribution in [0.3, 0.4) is 0 Å². The van der Waals surface area contributed by atoms with Gasteiger partial charge in [0.15, 0.2) is 0 Å². The molecule has 0 aliphatic carbocycles. The van der Waals surface area contributed by atoms with Crippen LogP contribution >= 0.6 is 0 Å². The maximum atomic E-state index is 8.35. The molecule has 0 spiro atoms.